The van der Waals surface area contributed by atoms with Gasteiger partial charge in [-0.25, -0.2) is 0 Å². The van der Waals surface area contributed by atoms with E-state index in [-0.39, 0.29) is 35.7 Å². The molecule has 0 aliphatic carbocycles. The zero-order valence-corrected chi connectivity index (χ0v) is 27.0. The Morgan fingerprint density at radius 3 is 1.05 bits per heavy atom. The van der Waals surface area contributed by atoms with Crippen LogP contribution in [-0.4, -0.2) is 108 Å². The number of rotatable bonds is 14. The standard InChI is InChI=1S/C34H50N4O4/c1-9-37(7,10-2)21-13-15-23(5)35-31(39)25-17-19-27-30-28(20-18-26(29(25)30)32(35)40)34(42)36(33(27)41)24(6)16-14-22-38(8,11-3)12-4/h17-20,23-24H,9-16,21-22H2,1-8H3/q+2. The van der Waals surface area contributed by atoms with Crippen LogP contribution in [0.4, 0.5) is 0 Å². The summed E-state index contributed by atoms with van der Waals surface area (Å²) in [6.45, 7) is 18.7. The van der Waals surface area contributed by atoms with Gasteiger partial charge in [0, 0.05) is 45.1 Å². The first-order chi connectivity index (χ1) is 19.9. The lowest BCUT2D eigenvalue weighted by atomic mass is 9.85. The topological polar surface area (TPSA) is 74.8 Å². The molecule has 2 aliphatic heterocycles. The van der Waals surface area contributed by atoms with Crippen molar-refractivity contribution in [2.45, 2.75) is 79.3 Å². The molecule has 2 aromatic carbocycles. The molecule has 0 N–H and O–H groups in total. The number of amides is 4. The normalized spacial score (nSPS) is 17.0. The van der Waals surface area contributed by atoms with Crippen molar-refractivity contribution in [2.24, 2.45) is 0 Å². The van der Waals surface area contributed by atoms with Crippen molar-refractivity contribution in [1.82, 2.24) is 9.80 Å². The molecule has 8 nitrogen and oxygen atoms in total. The van der Waals surface area contributed by atoms with E-state index in [2.05, 4.69) is 41.8 Å². The smallest absolute Gasteiger partial charge is 0.261 e. The molecular weight excluding hydrogens is 528 g/mol. The lowest BCUT2D eigenvalue weighted by Crippen LogP contribution is -2.49. The van der Waals surface area contributed by atoms with Crippen molar-refractivity contribution >= 4 is 34.4 Å². The maximum absolute atomic E-state index is 13.8. The molecule has 228 valence electrons. The zero-order chi connectivity index (χ0) is 31.0. The molecule has 0 saturated heterocycles. The van der Waals surface area contributed by atoms with E-state index < -0.39 is 0 Å². The van der Waals surface area contributed by atoms with Gasteiger partial charge in [-0.1, -0.05) is 0 Å². The van der Waals surface area contributed by atoms with Crippen LogP contribution in [0.3, 0.4) is 0 Å². The predicted molar refractivity (Wildman–Crippen MR) is 167 cm³/mol. The average Bonchev–Trinajstić information content (AvgIpc) is 2.98. The molecule has 0 spiro atoms. The van der Waals surface area contributed by atoms with Crippen molar-refractivity contribution in [3.8, 4) is 0 Å². The number of hydrogen-bond acceptors (Lipinski definition) is 4. The van der Waals surface area contributed by atoms with Gasteiger partial charge < -0.3 is 8.97 Å². The third-order valence-electron chi connectivity index (χ3n) is 10.5. The van der Waals surface area contributed by atoms with Crippen molar-refractivity contribution in [3.63, 3.8) is 0 Å². The van der Waals surface area contributed by atoms with E-state index in [1.165, 1.54) is 9.80 Å². The van der Waals surface area contributed by atoms with E-state index in [1.54, 1.807) is 24.3 Å². The van der Waals surface area contributed by atoms with E-state index in [0.29, 0.717) is 33.0 Å². The van der Waals surface area contributed by atoms with Crippen molar-refractivity contribution in [2.75, 3.05) is 53.4 Å². The second-order valence-electron chi connectivity index (χ2n) is 13.0. The minimum absolute atomic E-state index is 0.261. The molecule has 0 fully saturated rings. The fourth-order valence-electron chi connectivity index (χ4n) is 6.59. The molecule has 2 aliphatic rings. The van der Waals surface area contributed by atoms with E-state index in [1.807, 2.05) is 13.8 Å². The predicted octanol–water partition coefficient (Wildman–Crippen LogP) is 5.34. The van der Waals surface area contributed by atoms with Crippen LogP contribution >= 0.6 is 0 Å². The van der Waals surface area contributed by atoms with Crippen LogP contribution in [0.2, 0.25) is 0 Å². The molecule has 0 aromatic heterocycles. The van der Waals surface area contributed by atoms with Gasteiger partial charge >= 0.3 is 0 Å². The minimum Gasteiger partial charge on any atom is -0.327 e. The van der Waals surface area contributed by atoms with E-state index >= 15 is 0 Å². The van der Waals surface area contributed by atoms with E-state index in [9.17, 15) is 19.2 Å². The van der Waals surface area contributed by atoms with Gasteiger partial charge in [0.05, 0.1) is 53.4 Å². The first-order valence-electron chi connectivity index (χ1n) is 15.9. The quantitative estimate of drug-likeness (QED) is 0.224. The summed E-state index contributed by atoms with van der Waals surface area (Å²) in [5.41, 5.74) is 1.55. The van der Waals surface area contributed by atoms with Gasteiger partial charge in [-0.05, 0) is 91.5 Å². The van der Waals surface area contributed by atoms with Gasteiger partial charge in [0.15, 0.2) is 0 Å². The molecule has 0 radical (unpaired) electrons. The highest BCUT2D eigenvalue weighted by atomic mass is 16.2. The van der Waals surface area contributed by atoms with Crippen LogP contribution in [0.1, 0.15) is 109 Å². The van der Waals surface area contributed by atoms with Gasteiger partial charge in [0.1, 0.15) is 0 Å². The molecule has 0 bridgehead atoms. The number of carbonyl (C=O) groups is 4. The van der Waals surface area contributed by atoms with Crippen LogP contribution < -0.4 is 0 Å². The highest BCUT2D eigenvalue weighted by Gasteiger charge is 2.42. The fraction of sp³-hybridized carbons (Fsp3) is 0.588. The first-order valence-corrected chi connectivity index (χ1v) is 15.9. The maximum Gasteiger partial charge on any atom is 0.261 e. The Kier molecular flexibility index (Phi) is 9.28. The summed E-state index contributed by atoms with van der Waals surface area (Å²) in [6, 6.07) is 6.16. The molecule has 2 unspecified atom stereocenters. The van der Waals surface area contributed by atoms with Crippen LogP contribution in [-0.2, 0) is 0 Å². The lowest BCUT2D eigenvalue weighted by molar-refractivity contribution is -0.906. The third-order valence-corrected chi connectivity index (χ3v) is 10.5. The summed E-state index contributed by atoms with van der Waals surface area (Å²) in [6.07, 6.45) is 3.25. The molecule has 4 amide bonds. The van der Waals surface area contributed by atoms with Crippen molar-refractivity contribution in [3.05, 3.63) is 46.5 Å². The molecule has 42 heavy (non-hydrogen) atoms. The largest absolute Gasteiger partial charge is 0.327 e. The SMILES string of the molecule is CC[N+](C)(CC)CCCC(C)N1C(=O)c2ccc3c4c(ccc(c24)C1=O)C(=O)N(C(C)CCC[N+](C)(CC)CC)C3=O. The van der Waals surface area contributed by atoms with E-state index in [0.717, 1.165) is 73.9 Å². The summed E-state index contributed by atoms with van der Waals surface area (Å²) in [5.74, 6) is -1.40. The summed E-state index contributed by atoms with van der Waals surface area (Å²) < 4.78 is 1.91. The first kappa shape index (κ1) is 31.8. The van der Waals surface area contributed by atoms with E-state index in [4.69, 9.17) is 0 Å². The Hall–Kier alpha value is -3.10. The molecule has 4 rings (SSSR count). The monoisotopic (exact) mass is 578 g/mol. The van der Waals surface area contributed by atoms with Crippen molar-refractivity contribution in [1.29, 1.82) is 0 Å². The number of hydrogen-bond donors (Lipinski definition) is 0. The third kappa shape index (κ3) is 5.51. The molecule has 0 saturated carbocycles. The molecule has 8 heteroatoms. The summed E-state index contributed by atoms with van der Waals surface area (Å²) in [7, 11) is 4.46. The summed E-state index contributed by atoms with van der Waals surface area (Å²) in [4.78, 5) is 57.8. The Labute approximate surface area is 251 Å². The van der Waals surface area contributed by atoms with Crippen LogP contribution in [0.25, 0.3) is 10.8 Å². The fourth-order valence-corrected chi connectivity index (χ4v) is 6.59. The number of quaternary nitrogens is 2. The second-order valence-corrected chi connectivity index (χ2v) is 13.0. The van der Waals surface area contributed by atoms with Gasteiger partial charge in [0.25, 0.3) is 23.6 Å². The molecule has 2 atom stereocenters. The highest BCUT2D eigenvalue weighted by Crippen LogP contribution is 2.39. The van der Waals surface area contributed by atoms with Gasteiger partial charge in [0.2, 0.25) is 0 Å². The number of benzene rings is 2. The molecule has 2 heterocycles. The Bertz CT molecular complexity index is 1220. The van der Waals surface area contributed by atoms with Crippen LogP contribution in [0.15, 0.2) is 24.3 Å². The van der Waals surface area contributed by atoms with Crippen LogP contribution in [0.5, 0.6) is 0 Å². The van der Waals surface area contributed by atoms with Gasteiger partial charge in [-0.15, -0.1) is 0 Å². The number of imide groups is 2. The molecule has 2 aromatic rings. The van der Waals surface area contributed by atoms with Gasteiger partial charge in [-0.2, -0.15) is 0 Å². The zero-order valence-electron chi connectivity index (χ0n) is 27.0. The minimum atomic E-state index is -0.351. The lowest BCUT2D eigenvalue weighted by Gasteiger charge is -2.37. The second kappa shape index (κ2) is 12.3. The Morgan fingerprint density at radius 1 is 0.548 bits per heavy atom. The average molecular weight is 579 g/mol. The van der Waals surface area contributed by atoms with Crippen LogP contribution in [0, 0.1) is 0 Å². The summed E-state index contributed by atoms with van der Waals surface area (Å²) >= 11 is 0. The number of carbonyl (C=O) groups excluding carboxylic acids is 4. The number of nitrogens with zero attached hydrogens (tertiary/aromatic N) is 4. The van der Waals surface area contributed by atoms with Gasteiger partial charge in [-0.3, -0.25) is 29.0 Å². The molecular formula is C34H50N4O4+2. The highest BCUT2D eigenvalue weighted by molar-refractivity contribution is 6.33. The Morgan fingerprint density at radius 2 is 0.810 bits per heavy atom. The maximum atomic E-state index is 13.8. The summed E-state index contributed by atoms with van der Waals surface area (Å²) in [5, 5.41) is 0.884. The van der Waals surface area contributed by atoms with Crippen molar-refractivity contribution < 1.29 is 28.1 Å². The Balaban J connectivity index is 1.60.